The van der Waals surface area contributed by atoms with Gasteiger partial charge in [0, 0.05) is 37.7 Å². The Kier molecular flexibility index (Phi) is 50.8. The zero-order valence-electron chi connectivity index (χ0n) is 5.79. The van der Waals surface area contributed by atoms with Crippen molar-refractivity contribution in [1.29, 1.82) is 0 Å². The molecule has 6 nitrogen and oxygen atoms in total. The van der Waals surface area contributed by atoms with Crippen LogP contribution in [0.3, 0.4) is 0 Å². The molecule has 62 valence electrons. The molecule has 0 rings (SSSR count). The largest absolute Gasteiger partial charge is 0.479 e. The predicted octanol–water partition coefficient (Wildman–Crippen LogP) is -2.42. The molecular weight excluding hydrogens is 170 g/mol. The summed E-state index contributed by atoms with van der Waals surface area (Å²) in [6, 6.07) is 0. The van der Waals surface area contributed by atoms with E-state index in [0.29, 0.717) is 0 Å². The summed E-state index contributed by atoms with van der Waals surface area (Å²) in [5.41, 5.74) is 0. The van der Waals surface area contributed by atoms with Crippen LogP contribution in [0.1, 0.15) is 6.92 Å². The minimum absolute atomic E-state index is 0. The molecule has 1 unspecified atom stereocenters. The first kappa shape index (κ1) is 31.2. The number of carboxylic acids is 1. The van der Waals surface area contributed by atoms with Crippen molar-refractivity contribution >= 4 is 43.7 Å². The van der Waals surface area contributed by atoms with E-state index in [9.17, 15) is 4.79 Å². The van der Waals surface area contributed by atoms with Gasteiger partial charge in [0.25, 0.3) is 0 Å². The Bertz CT molecular complexity index is 67.9. The molecule has 0 aliphatic rings. The first-order chi connectivity index (χ1) is 2.64. The smallest absolute Gasteiger partial charge is 0.332 e. The summed E-state index contributed by atoms with van der Waals surface area (Å²) in [6.07, 6.45) is -1.23. The number of aliphatic hydroxyl groups is 1. The van der Waals surface area contributed by atoms with E-state index < -0.39 is 12.1 Å². The maximum absolute atomic E-state index is 9.45. The standard InChI is InChI=1S/C3H6O3.Ca.H3N.2H2O/c1-2(4)3(5)6;;;;/h2,4H,1H3,(H,5,6);;1H3;2*1H2. The molecule has 0 amide bonds. The summed E-state index contributed by atoms with van der Waals surface area (Å²) in [7, 11) is 0. The van der Waals surface area contributed by atoms with Gasteiger partial charge in [-0.1, -0.05) is 0 Å². The van der Waals surface area contributed by atoms with E-state index in [1.54, 1.807) is 0 Å². The molecule has 0 saturated carbocycles. The van der Waals surface area contributed by atoms with Crippen LogP contribution in [0.15, 0.2) is 0 Å². The molecule has 0 aliphatic heterocycles. The van der Waals surface area contributed by atoms with Crippen molar-refractivity contribution in [2.45, 2.75) is 13.0 Å². The van der Waals surface area contributed by atoms with Crippen LogP contribution >= 0.6 is 0 Å². The second-order valence-corrected chi connectivity index (χ2v) is 1.01. The molecule has 0 bridgehead atoms. The van der Waals surface area contributed by atoms with Crippen molar-refractivity contribution < 1.29 is 26.0 Å². The number of aliphatic hydroxyl groups excluding tert-OH is 1. The molecule has 0 aliphatic carbocycles. The minimum atomic E-state index is -1.23. The van der Waals surface area contributed by atoms with Crippen LogP contribution in [0, 0.1) is 0 Å². The Labute approximate surface area is 88.4 Å². The van der Waals surface area contributed by atoms with Crippen LogP contribution in [0.4, 0.5) is 0 Å². The summed E-state index contributed by atoms with van der Waals surface area (Å²) in [5.74, 6) is -1.19. The molecule has 0 saturated heterocycles. The number of rotatable bonds is 1. The van der Waals surface area contributed by atoms with Gasteiger partial charge in [0.2, 0.25) is 0 Å². The van der Waals surface area contributed by atoms with E-state index in [1.165, 1.54) is 6.92 Å². The third kappa shape index (κ3) is 23.5. The van der Waals surface area contributed by atoms with Gasteiger partial charge in [0.15, 0.2) is 0 Å². The third-order valence-electron chi connectivity index (χ3n) is 0.357. The summed E-state index contributed by atoms with van der Waals surface area (Å²) in [5, 5.41) is 15.8. The van der Waals surface area contributed by atoms with E-state index in [0.717, 1.165) is 0 Å². The molecule has 1 atom stereocenters. The minimum Gasteiger partial charge on any atom is -0.479 e. The van der Waals surface area contributed by atoms with E-state index >= 15 is 0 Å². The quantitative estimate of drug-likeness (QED) is 0.387. The van der Waals surface area contributed by atoms with E-state index in [-0.39, 0.29) is 54.8 Å². The van der Waals surface area contributed by atoms with Gasteiger partial charge in [0.1, 0.15) is 6.10 Å². The summed E-state index contributed by atoms with van der Waals surface area (Å²) >= 11 is 0. The fourth-order valence-corrected chi connectivity index (χ4v) is 0. The van der Waals surface area contributed by atoms with Crippen LogP contribution < -0.4 is 6.15 Å². The van der Waals surface area contributed by atoms with Crippen molar-refractivity contribution in [1.82, 2.24) is 6.15 Å². The SMILES string of the molecule is CC(O)C(=O)O.N.O.O.[Ca]. The Hall–Kier alpha value is 0.570. The monoisotopic (exact) mass is 183 g/mol. The van der Waals surface area contributed by atoms with Gasteiger partial charge in [0.05, 0.1) is 0 Å². The van der Waals surface area contributed by atoms with Crippen molar-refractivity contribution in [3.05, 3.63) is 0 Å². The summed E-state index contributed by atoms with van der Waals surface area (Å²) in [4.78, 5) is 9.45. The van der Waals surface area contributed by atoms with Crippen molar-refractivity contribution in [2.75, 3.05) is 0 Å². The molecule has 0 aromatic heterocycles. The van der Waals surface area contributed by atoms with Crippen molar-refractivity contribution in [3.8, 4) is 0 Å². The van der Waals surface area contributed by atoms with Crippen molar-refractivity contribution in [2.24, 2.45) is 0 Å². The van der Waals surface area contributed by atoms with Gasteiger partial charge in [-0.2, -0.15) is 0 Å². The third-order valence-corrected chi connectivity index (χ3v) is 0.357. The van der Waals surface area contributed by atoms with Gasteiger partial charge < -0.3 is 27.3 Å². The first-order valence-corrected chi connectivity index (χ1v) is 1.55. The number of hydrogen-bond donors (Lipinski definition) is 3. The molecular formula is C3H13CaNO5. The predicted molar refractivity (Wildman–Crippen MR) is 37.3 cm³/mol. The second kappa shape index (κ2) is 16.3. The Morgan fingerprint density at radius 3 is 1.50 bits per heavy atom. The van der Waals surface area contributed by atoms with E-state index in [2.05, 4.69) is 0 Å². The molecule has 0 fully saturated rings. The van der Waals surface area contributed by atoms with Gasteiger partial charge in [-0.25, -0.2) is 4.79 Å². The van der Waals surface area contributed by atoms with E-state index in [1.807, 2.05) is 0 Å². The van der Waals surface area contributed by atoms with E-state index in [4.69, 9.17) is 10.2 Å². The fourth-order valence-electron chi connectivity index (χ4n) is 0. The van der Waals surface area contributed by atoms with Crippen LogP contribution in [0.2, 0.25) is 0 Å². The van der Waals surface area contributed by atoms with Gasteiger partial charge in [-0.15, -0.1) is 0 Å². The zero-order chi connectivity index (χ0) is 5.15. The second-order valence-electron chi connectivity index (χ2n) is 1.01. The average Bonchev–Trinajstić information content (AvgIpc) is 1.36. The van der Waals surface area contributed by atoms with Crippen LogP contribution in [0.5, 0.6) is 0 Å². The Morgan fingerprint density at radius 2 is 1.50 bits per heavy atom. The van der Waals surface area contributed by atoms with Crippen LogP contribution in [-0.4, -0.2) is 71.0 Å². The summed E-state index contributed by atoms with van der Waals surface area (Å²) in [6.45, 7) is 1.20. The molecule has 0 spiro atoms. The fraction of sp³-hybridized carbons (Fsp3) is 0.667. The molecule has 10 heavy (non-hydrogen) atoms. The van der Waals surface area contributed by atoms with Crippen molar-refractivity contribution in [3.63, 3.8) is 0 Å². The maximum atomic E-state index is 9.45. The normalized spacial score (nSPS) is 8.20. The van der Waals surface area contributed by atoms with Gasteiger partial charge in [-0.05, 0) is 6.92 Å². The molecule has 0 heterocycles. The molecule has 7 heteroatoms. The maximum Gasteiger partial charge on any atom is 0.332 e. The van der Waals surface area contributed by atoms with Gasteiger partial charge >= 0.3 is 5.97 Å². The Balaban J connectivity index is -0.0000000208. The van der Waals surface area contributed by atoms with Gasteiger partial charge in [-0.3, -0.25) is 0 Å². The first-order valence-electron chi connectivity index (χ1n) is 1.55. The summed E-state index contributed by atoms with van der Waals surface area (Å²) < 4.78 is 0. The molecule has 0 aromatic rings. The number of aliphatic carboxylic acids is 1. The number of carboxylic acid groups (broad SMARTS) is 1. The average molecular weight is 183 g/mol. The molecule has 9 N–H and O–H groups in total. The number of carbonyl (C=O) groups is 1. The zero-order valence-corrected chi connectivity index (χ0v) is 8.00. The topological polar surface area (TPSA) is 156 Å². The van der Waals surface area contributed by atoms with Crippen LogP contribution in [-0.2, 0) is 4.79 Å². The molecule has 2 radical (unpaired) electrons. The Morgan fingerprint density at radius 1 is 1.40 bits per heavy atom. The molecule has 0 aromatic carbocycles. The van der Waals surface area contributed by atoms with Crippen LogP contribution in [0.25, 0.3) is 0 Å². The number of hydrogen-bond acceptors (Lipinski definition) is 3.